The van der Waals surface area contributed by atoms with E-state index in [1.165, 1.54) is 12.0 Å². The number of rotatable bonds is 6. The third-order valence-electron chi connectivity index (χ3n) is 4.73. The van der Waals surface area contributed by atoms with Gasteiger partial charge in [0.2, 0.25) is 0 Å². The van der Waals surface area contributed by atoms with E-state index in [1.54, 1.807) is 31.2 Å². The van der Waals surface area contributed by atoms with Crippen LogP contribution in [0, 0.1) is 5.92 Å². The fraction of sp³-hybridized carbons (Fsp3) is 0.286. The van der Waals surface area contributed by atoms with Crippen LogP contribution in [0.3, 0.4) is 0 Å². The van der Waals surface area contributed by atoms with Gasteiger partial charge in [0, 0.05) is 6.04 Å². The molecule has 1 heterocycles. The Balaban J connectivity index is 1.91. The zero-order valence-corrected chi connectivity index (χ0v) is 14.8. The minimum atomic E-state index is -0.418. The summed E-state index contributed by atoms with van der Waals surface area (Å²) in [5.74, 6) is -1.37. The molecule has 0 saturated heterocycles. The summed E-state index contributed by atoms with van der Waals surface area (Å²) < 4.78 is 4.81. The molecule has 0 aromatic heterocycles. The number of benzene rings is 2. The Bertz CT molecular complexity index is 796. The van der Waals surface area contributed by atoms with Gasteiger partial charge in [0.15, 0.2) is 0 Å². The molecular formula is C21H21NO4. The molecule has 2 aromatic rings. The summed E-state index contributed by atoms with van der Waals surface area (Å²) in [7, 11) is 1.34. The molecule has 26 heavy (non-hydrogen) atoms. The van der Waals surface area contributed by atoms with Crippen molar-refractivity contribution in [1.82, 2.24) is 4.90 Å². The van der Waals surface area contributed by atoms with Crippen molar-refractivity contribution >= 4 is 17.8 Å². The molecule has 0 unspecified atom stereocenters. The zero-order chi connectivity index (χ0) is 18.7. The Morgan fingerprint density at radius 2 is 1.50 bits per heavy atom. The van der Waals surface area contributed by atoms with Crippen LogP contribution in [0.15, 0.2) is 54.6 Å². The lowest BCUT2D eigenvalue weighted by molar-refractivity contribution is -0.145. The first-order valence-corrected chi connectivity index (χ1v) is 8.61. The lowest BCUT2D eigenvalue weighted by Gasteiger charge is -2.28. The third kappa shape index (κ3) is 3.38. The van der Waals surface area contributed by atoms with E-state index < -0.39 is 12.0 Å². The molecule has 0 N–H and O–H groups in total. The van der Waals surface area contributed by atoms with Crippen LogP contribution in [0.4, 0.5) is 0 Å². The number of carbonyl (C=O) groups is 3. The number of amides is 2. The minimum absolute atomic E-state index is 0.302. The van der Waals surface area contributed by atoms with Gasteiger partial charge in [0.1, 0.15) is 0 Å². The van der Waals surface area contributed by atoms with E-state index in [1.807, 2.05) is 30.3 Å². The van der Waals surface area contributed by atoms with Crippen LogP contribution in [0.2, 0.25) is 0 Å². The summed E-state index contributed by atoms with van der Waals surface area (Å²) in [6.45, 7) is 1.75. The topological polar surface area (TPSA) is 63.7 Å². The van der Waals surface area contributed by atoms with Gasteiger partial charge in [-0.15, -0.1) is 0 Å². The second-order valence-corrected chi connectivity index (χ2v) is 6.53. The van der Waals surface area contributed by atoms with Gasteiger partial charge in [-0.1, -0.05) is 49.4 Å². The van der Waals surface area contributed by atoms with E-state index in [0.717, 1.165) is 5.56 Å². The van der Waals surface area contributed by atoms with E-state index in [2.05, 4.69) is 0 Å². The highest BCUT2D eigenvalue weighted by molar-refractivity contribution is 6.21. The molecule has 5 heteroatoms. The molecule has 1 aliphatic heterocycles. The van der Waals surface area contributed by atoms with Crippen LogP contribution in [-0.4, -0.2) is 35.8 Å². The average Bonchev–Trinajstić information content (AvgIpc) is 2.92. The van der Waals surface area contributed by atoms with Crippen LogP contribution in [0.25, 0.3) is 0 Å². The molecule has 0 saturated carbocycles. The Kier molecular flexibility index (Phi) is 5.16. The molecule has 2 aromatic carbocycles. The summed E-state index contributed by atoms with van der Waals surface area (Å²) in [6.07, 6.45) is 0.848. The first kappa shape index (κ1) is 17.9. The van der Waals surface area contributed by atoms with E-state index in [-0.39, 0.29) is 17.8 Å². The van der Waals surface area contributed by atoms with E-state index >= 15 is 0 Å². The molecule has 2 atom stereocenters. The fourth-order valence-electron chi connectivity index (χ4n) is 3.41. The van der Waals surface area contributed by atoms with Gasteiger partial charge in [-0.25, -0.2) is 0 Å². The standard InChI is InChI=1S/C21H21NO4/c1-14(21(25)26-2)12-16(13-15-8-4-3-5-9-15)22-19(23)17-10-6-7-11-18(17)20(22)24/h3-11,14,16H,12-13H2,1-2H3/t14-,16-/m1/s1. The lowest BCUT2D eigenvalue weighted by atomic mass is 9.95. The zero-order valence-electron chi connectivity index (χ0n) is 14.8. The number of methoxy groups -OCH3 is 1. The molecule has 134 valence electrons. The molecule has 1 aliphatic rings. The predicted molar refractivity (Wildman–Crippen MR) is 96.7 cm³/mol. The van der Waals surface area contributed by atoms with Crippen LogP contribution >= 0.6 is 0 Å². The largest absolute Gasteiger partial charge is 0.469 e. The highest BCUT2D eigenvalue weighted by atomic mass is 16.5. The molecule has 0 fully saturated rings. The number of hydrogen-bond donors (Lipinski definition) is 0. The van der Waals surface area contributed by atoms with Gasteiger partial charge in [0.05, 0.1) is 24.2 Å². The van der Waals surface area contributed by atoms with Crippen molar-refractivity contribution in [3.05, 3.63) is 71.3 Å². The SMILES string of the molecule is COC(=O)[C@H](C)C[C@H](Cc1ccccc1)N1C(=O)c2ccccc2C1=O. The summed E-state index contributed by atoms with van der Waals surface area (Å²) in [5, 5.41) is 0. The monoisotopic (exact) mass is 351 g/mol. The highest BCUT2D eigenvalue weighted by Gasteiger charge is 2.40. The number of esters is 1. The number of hydrogen-bond acceptors (Lipinski definition) is 4. The van der Waals surface area contributed by atoms with E-state index in [9.17, 15) is 14.4 Å². The molecule has 3 rings (SSSR count). The van der Waals surface area contributed by atoms with Crippen molar-refractivity contribution in [3.8, 4) is 0 Å². The first-order chi connectivity index (χ1) is 12.5. The van der Waals surface area contributed by atoms with Crippen LogP contribution < -0.4 is 0 Å². The summed E-state index contributed by atoms with van der Waals surface area (Å²) in [4.78, 5) is 38.9. The number of fused-ring (bicyclic) bond motifs is 1. The quantitative estimate of drug-likeness (QED) is 0.593. The maximum absolute atomic E-state index is 12.8. The van der Waals surface area contributed by atoms with Gasteiger partial charge in [-0.05, 0) is 30.5 Å². The van der Waals surface area contributed by atoms with Crippen molar-refractivity contribution in [1.29, 1.82) is 0 Å². The summed E-state index contributed by atoms with van der Waals surface area (Å²) in [5.41, 5.74) is 1.84. The normalized spacial score (nSPS) is 15.5. The van der Waals surface area contributed by atoms with E-state index in [4.69, 9.17) is 4.74 Å². The molecule has 5 nitrogen and oxygen atoms in total. The van der Waals surface area contributed by atoms with E-state index in [0.29, 0.717) is 24.0 Å². The predicted octanol–water partition coefficient (Wildman–Crippen LogP) is 3.09. The number of carbonyl (C=O) groups excluding carboxylic acids is 3. The Hall–Kier alpha value is -2.95. The van der Waals surface area contributed by atoms with Crippen molar-refractivity contribution in [2.45, 2.75) is 25.8 Å². The van der Waals surface area contributed by atoms with Crippen LogP contribution in [-0.2, 0) is 16.0 Å². The van der Waals surface area contributed by atoms with Gasteiger partial charge < -0.3 is 4.74 Å². The second kappa shape index (κ2) is 7.52. The average molecular weight is 351 g/mol. The van der Waals surface area contributed by atoms with Gasteiger partial charge >= 0.3 is 5.97 Å². The maximum atomic E-state index is 12.8. The molecule has 2 amide bonds. The maximum Gasteiger partial charge on any atom is 0.308 e. The highest BCUT2D eigenvalue weighted by Crippen LogP contribution is 2.28. The van der Waals surface area contributed by atoms with Crippen LogP contribution in [0.1, 0.15) is 39.6 Å². The third-order valence-corrected chi connectivity index (χ3v) is 4.73. The van der Waals surface area contributed by atoms with Crippen molar-refractivity contribution in [2.24, 2.45) is 5.92 Å². The van der Waals surface area contributed by atoms with Crippen molar-refractivity contribution in [3.63, 3.8) is 0 Å². The Morgan fingerprint density at radius 1 is 0.962 bits per heavy atom. The van der Waals surface area contributed by atoms with Gasteiger partial charge in [-0.3, -0.25) is 19.3 Å². The Morgan fingerprint density at radius 3 is 2.04 bits per heavy atom. The number of imide groups is 1. The molecular weight excluding hydrogens is 330 g/mol. The lowest BCUT2D eigenvalue weighted by Crippen LogP contribution is -2.43. The van der Waals surface area contributed by atoms with Crippen LogP contribution in [0.5, 0.6) is 0 Å². The fourth-order valence-corrected chi connectivity index (χ4v) is 3.41. The number of nitrogens with zero attached hydrogens (tertiary/aromatic N) is 1. The second-order valence-electron chi connectivity index (χ2n) is 6.53. The molecule has 0 spiro atoms. The number of ether oxygens (including phenoxy) is 1. The van der Waals surface area contributed by atoms with Gasteiger partial charge in [-0.2, -0.15) is 0 Å². The van der Waals surface area contributed by atoms with Crippen molar-refractivity contribution in [2.75, 3.05) is 7.11 Å². The first-order valence-electron chi connectivity index (χ1n) is 8.61. The smallest absolute Gasteiger partial charge is 0.308 e. The Labute approximate surface area is 152 Å². The minimum Gasteiger partial charge on any atom is -0.469 e. The van der Waals surface area contributed by atoms with Crippen molar-refractivity contribution < 1.29 is 19.1 Å². The molecule has 0 aliphatic carbocycles. The molecule has 0 radical (unpaired) electrons. The summed E-state index contributed by atoms with van der Waals surface area (Å²) in [6, 6.07) is 16.1. The summed E-state index contributed by atoms with van der Waals surface area (Å²) >= 11 is 0. The van der Waals surface area contributed by atoms with Gasteiger partial charge in [0.25, 0.3) is 11.8 Å². The molecule has 0 bridgehead atoms.